The second-order valence-corrected chi connectivity index (χ2v) is 11.2. The molecule has 12 heteroatoms. The van der Waals surface area contributed by atoms with Gasteiger partial charge in [0.15, 0.2) is 0 Å². The molecule has 0 saturated carbocycles. The van der Waals surface area contributed by atoms with Gasteiger partial charge in [-0.3, -0.25) is 0 Å². The van der Waals surface area contributed by atoms with E-state index in [1.165, 1.54) is 37.4 Å². The van der Waals surface area contributed by atoms with E-state index < -0.39 is 27.0 Å². The van der Waals surface area contributed by atoms with E-state index >= 15 is 0 Å². The van der Waals surface area contributed by atoms with Crippen LogP contribution in [0.25, 0.3) is 0 Å². The number of esters is 2. The highest BCUT2D eigenvalue weighted by Gasteiger charge is 2.26. The van der Waals surface area contributed by atoms with Crippen LogP contribution in [0.4, 0.5) is 0 Å². The van der Waals surface area contributed by atoms with Gasteiger partial charge in [-0.05, 0) is 116 Å². The van der Waals surface area contributed by atoms with Crippen LogP contribution in [-0.2, 0) is 10.1 Å². The fraction of sp³-hybridized carbons (Fsp3) is 0.0476. The highest BCUT2D eigenvalue weighted by Crippen LogP contribution is 2.31. The average Bonchev–Trinajstić information content (AvgIpc) is 2.73. The van der Waals surface area contributed by atoms with Gasteiger partial charge in [0.2, 0.25) is 0 Å². The second kappa shape index (κ2) is 10.8. The molecule has 0 radical (unpaired) electrons. The SMILES string of the molecule is COc1cccc(C(=O)Oc2ccc(I)cc2)c1C(=O)Oc1cc(I)c(S(=O)(=O)[O-])c(I)c1. The van der Waals surface area contributed by atoms with Crippen LogP contribution in [0.15, 0.2) is 59.5 Å². The van der Waals surface area contributed by atoms with Gasteiger partial charge in [0.05, 0.1) is 17.6 Å². The summed E-state index contributed by atoms with van der Waals surface area (Å²) < 4.78 is 51.5. The molecule has 0 saturated heterocycles. The lowest BCUT2D eigenvalue weighted by molar-refractivity contribution is 0.0688. The molecule has 0 aliphatic rings. The van der Waals surface area contributed by atoms with Crippen LogP contribution in [0.1, 0.15) is 20.7 Å². The van der Waals surface area contributed by atoms with Gasteiger partial charge in [0.25, 0.3) is 0 Å². The van der Waals surface area contributed by atoms with Crippen molar-refractivity contribution in [3.05, 3.63) is 76.4 Å². The smallest absolute Gasteiger partial charge is 0.348 e. The van der Waals surface area contributed by atoms with Gasteiger partial charge in [-0.25, -0.2) is 18.0 Å². The molecule has 0 N–H and O–H groups in total. The number of rotatable bonds is 6. The van der Waals surface area contributed by atoms with Gasteiger partial charge < -0.3 is 18.8 Å². The van der Waals surface area contributed by atoms with E-state index in [2.05, 4.69) is 22.6 Å². The molecule has 8 nitrogen and oxygen atoms in total. The van der Waals surface area contributed by atoms with Crippen LogP contribution in [0, 0.1) is 10.7 Å². The van der Waals surface area contributed by atoms with E-state index in [-0.39, 0.29) is 29.8 Å². The Morgan fingerprint density at radius 2 is 1.42 bits per heavy atom. The third-order valence-corrected chi connectivity index (χ3v) is 8.22. The van der Waals surface area contributed by atoms with Crippen LogP contribution in [0.5, 0.6) is 17.2 Å². The van der Waals surface area contributed by atoms with Gasteiger partial charge >= 0.3 is 11.9 Å². The number of carbonyl (C=O) groups is 2. The Balaban J connectivity index is 1.96. The van der Waals surface area contributed by atoms with Crippen molar-refractivity contribution in [3.63, 3.8) is 0 Å². The summed E-state index contributed by atoms with van der Waals surface area (Å²) in [6.45, 7) is 0. The number of halogens is 3. The van der Waals surface area contributed by atoms with Gasteiger partial charge in [-0.15, -0.1) is 0 Å². The van der Waals surface area contributed by atoms with Gasteiger partial charge in [-0.2, -0.15) is 0 Å². The minimum atomic E-state index is -4.71. The van der Waals surface area contributed by atoms with Crippen LogP contribution in [0.3, 0.4) is 0 Å². The average molecular weight is 805 g/mol. The first-order chi connectivity index (χ1) is 15.5. The summed E-state index contributed by atoms with van der Waals surface area (Å²) in [4.78, 5) is 25.4. The molecule has 0 aromatic heterocycles. The Morgan fingerprint density at radius 3 is 1.97 bits per heavy atom. The first kappa shape index (κ1) is 26.1. The highest BCUT2D eigenvalue weighted by atomic mass is 127. The van der Waals surface area contributed by atoms with Crippen LogP contribution in [0.2, 0.25) is 0 Å². The minimum Gasteiger partial charge on any atom is -0.744 e. The molecule has 0 aliphatic carbocycles. The first-order valence-electron chi connectivity index (χ1n) is 8.83. The van der Waals surface area contributed by atoms with E-state index in [4.69, 9.17) is 14.2 Å². The molecule has 3 aromatic carbocycles. The molecule has 3 aromatic rings. The fourth-order valence-corrected chi connectivity index (χ4v) is 7.02. The number of ether oxygens (including phenoxy) is 3. The lowest BCUT2D eigenvalue weighted by Crippen LogP contribution is -2.19. The zero-order valence-electron chi connectivity index (χ0n) is 16.5. The zero-order chi connectivity index (χ0) is 24.3. The minimum absolute atomic E-state index is 0.0101. The molecule has 172 valence electrons. The van der Waals surface area contributed by atoms with Crippen LogP contribution < -0.4 is 14.2 Å². The lowest BCUT2D eigenvalue weighted by atomic mass is 10.1. The van der Waals surface area contributed by atoms with E-state index in [1.54, 1.807) is 69.4 Å². The maximum atomic E-state index is 13.0. The Hall–Kier alpha value is -1.50. The number of benzene rings is 3. The molecule has 0 spiro atoms. The van der Waals surface area contributed by atoms with Crippen LogP contribution >= 0.6 is 67.8 Å². The highest BCUT2D eigenvalue weighted by molar-refractivity contribution is 14.1. The molecule has 0 aliphatic heterocycles. The molecule has 0 unspecified atom stereocenters. The van der Waals surface area contributed by atoms with Crippen LogP contribution in [-0.4, -0.2) is 32.0 Å². The van der Waals surface area contributed by atoms with E-state index in [9.17, 15) is 22.6 Å². The zero-order valence-corrected chi connectivity index (χ0v) is 23.8. The Kier molecular flexibility index (Phi) is 8.57. The van der Waals surface area contributed by atoms with Crippen molar-refractivity contribution in [1.29, 1.82) is 0 Å². The fourth-order valence-electron chi connectivity index (χ4n) is 2.74. The van der Waals surface area contributed by atoms with Crippen molar-refractivity contribution in [2.75, 3.05) is 7.11 Å². The standard InChI is InChI=1S/C21H13I3O8S/c1-30-17-4-2-3-14(20(25)31-12-7-5-11(22)6-8-12)18(17)21(26)32-13-9-15(23)19(16(24)10-13)33(27,28)29/h2-10H,1H3,(H,27,28,29)/p-1. The lowest BCUT2D eigenvalue weighted by Gasteiger charge is -2.15. The maximum absolute atomic E-state index is 13.0. The number of methoxy groups -OCH3 is 1. The number of hydrogen-bond donors (Lipinski definition) is 0. The largest absolute Gasteiger partial charge is 0.744 e. The maximum Gasteiger partial charge on any atom is 0.348 e. The van der Waals surface area contributed by atoms with Gasteiger partial charge in [0.1, 0.15) is 32.9 Å². The predicted molar refractivity (Wildman–Crippen MR) is 142 cm³/mol. The summed E-state index contributed by atoms with van der Waals surface area (Å²) in [6.07, 6.45) is 0. The Labute approximate surface area is 230 Å². The van der Waals surface area contributed by atoms with E-state index in [0.29, 0.717) is 5.75 Å². The van der Waals surface area contributed by atoms with Crippen molar-refractivity contribution in [1.82, 2.24) is 0 Å². The Bertz CT molecular complexity index is 1320. The molecule has 3 rings (SSSR count). The second-order valence-electron chi connectivity index (χ2n) is 6.29. The summed E-state index contributed by atoms with van der Waals surface area (Å²) >= 11 is 5.46. The number of carbonyl (C=O) groups excluding carboxylic acids is 2. The quantitative estimate of drug-likeness (QED) is 0.150. The molecular weight excluding hydrogens is 793 g/mol. The van der Waals surface area contributed by atoms with E-state index in [1.807, 2.05) is 0 Å². The summed E-state index contributed by atoms with van der Waals surface area (Å²) in [7, 11) is -3.38. The summed E-state index contributed by atoms with van der Waals surface area (Å²) in [5.74, 6) is -1.35. The third-order valence-electron chi connectivity index (χ3n) is 4.13. The van der Waals surface area contributed by atoms with Crippen molar-refractivity contribution in [2.45, 2.75) is 4.90 Å². The summed E-state index contributed by atoms with van der Waals surface area (Å²) in [6, 6.07) is 13.7. The predicted octanol–water partition coefficient (Wildman–Crippen LogP) is 4.85. The molecule has 0 bridgehead atoms. The van der Waals surface area contributed by atoms with E-state index in [0.717, 1.165) is 3.57 Å². The molecule has 0 fully saturated rings. The molecule has 0 atom stereocenters. The van der Waals surface area contributed by atoms with Gasteiger partial charge in [-0.1, -0.05) is 6.07 Å². The van der Waals surface area contributed by atoms with Gasteiger partial charge in [0, 0.05) is 10.7 Å². The van der Waals surface area contributed by atoms with Crippen molar-refractivity contribution in [2.24, 2.45) is 0 Å². The summed E-state index contributed by atoms with van der Waals surface area (Å²) in [5, 5.41) is 0. The molecule has 33 heavy (non-hydrogen) atoms. The van der Waals surface area contributed by atoms with Crippen molar-refractivity contribution < 1.29 is 36.8 Å². The molecular formula is C21H12I3O8S-. The molecule has 0 amide bonds. The van der Waals surface area contributed by atoms with Crippen molar-refractivity contribution in [3.8, 4) is 17.2 Å². The Morgan fingerprint density at radius 1 is 0.848 bits per heavy atom. The normalized spacial score (nSPS) is 11.1. The summed E-state index contributed by atoms with van der Waals surface area (Å²) in [5.41, 5.74) is -0.248. The third kappa shape index (κ3) is 6.34. The molecule has 0 heterocycles. The number of hydrogen-bond acceptors (Lipinski definition) is 8. The van der Waals surface area contributed by atoms with Crippen molar-refractivity contribution >= 4 is 89.8 Å². The topological polar surface area (TPSA) is 119 Å². The monoisotopic (exact) mass is 805 g/mol. The first-order valence-corrected chi connectivity index (χ1v) is 13.5.